The lowest BCUT2D eigenvalue weighted by Crippen LogP contribution is -2.03. The molecule has 0 unspecified atom stereocenters. The third kappa shape index (κ3) is 31.3. The lowest BCUT2D eigenvalue weighted by Gasteiger charge is -2.11. The van der Waals surface area contributed by atoms with Gasteiger partial charge in [0.05, 0.1) is 0 Å². The monoisotopic (exact) mass is 1720 g/mol. The average molecular weight is 1720 g/mol. The number of aryl methyl sites for hydroxylation is 4. The van der Waals surface area contributed by atoms with E-state index in [0.717, 1.165) is 119 Å². The van der Waals surface area contributed by atoms with Crippen LogP contribution in [0, 0.1) is 0 Å². The first-order chi connectivity index (χ1) is 63.3. The summed E-state index contributed by atoms with van der Waals surface area (Å²) in [5.74, 6) is 9.23. The zero-order valence-corrected chi connectivity index (χ0v) is 79.0. The molecule has 0 radical (unpaired) electrons. The number of unbranched alkanes of at least 4 members (excludes halogenated alkanes) is 48. The summed E-state index contributed by atoms with van der Waals surface area (Å²) in [6.45, 7) is 9.19. The van der Waals surface area contributed by atoms with Gasteiger partial charge in [-0.25, -0.2) is 39.9 Å². The van der Waals surface area contributed by atoms with E-state index in [4.69, 9.17) is 58.9 Å². The van der Waals surface area contributed by atoms with Crippen LogP contribution in [-0.2, 0) is 25.7 Å². The van der Waals surface area contributed by atoms with Crippen LogP contribution in [0.5, 0.6) is 46.0 Å². The number of aliphatic imine (C=N–C) groups is 8. The quantitative estimate of drug-likeness (QED) is 0.0351. The highest BCUT2D eigenvalue weighted by Crippen LogP contribution is 2.39. The maximum atomic E-state index is 6.87. The Morgan fingerprint density at radius 2 is 0.297 bits per heavy atom. The van der Waals surface area contributed by atoms with E-state index < -0.39 is 0 Å². The van der Waals surface area contributed by atoms with Crippen molar-refractivity contribution in [3.63, 3.8) is 0 Å². The Balaban J connectivity index is 0.776. The predicted molar refractivity (Wildman–Crippen MR) is 542 cm³/mol. The Hall–Kier alpha value is -9.68. The molecule has 0 amide bonds. The Labute approximate surface area is 770 Å². The second-order valence-electron chi connectivity index (χ2n) is 37.3. The van der Waals surface area contributed by atoms with Gasteiger partial charge in [-0.3, -0.25) is 0 Å². The van der Waals surface area contributed by atoms with Gasteiger partial charge in [0.15, 0.2) is 46.7 Å². The normalized spacial score (nSPS) is 13.4. The van der Waals surface area contributed by atoms with Gasteiger partial charge >= 0.3 is 0 Å². The van der Waals surface area contributed by atoms with Gasteiger partial charge in [0.1, 0.15) is 46.0 Å². The molecule has 0 saturated carbocycles. The van der Waals surface area contributed by atoms with Crippen molar-refractivity contribution in [3.05, 3.63) is 237 Å². The van der Waals surface area contributed by atoms with Gasteiger partial charge in [-0.2, -0.15) is 0 Å². The zero-order valence-electron chi connectivity index (χ0n) is 79.0. The van der Waals surface area contributed by atoms with Crippen molar-refractivity contribution in [2.45, 2.75) is 387 Å². The van der Waals surface area contributed by atoms with Crippen LogP contribution in [0.15, 0.2) is 210 Å². The molecule has 0 spiro atoms. The van der Waals surface area contributed by atoms with E-state index in [1.54, 1.807) is 0 Å². The Bertz CT molecular complexity index is 5020. The minimum absolute atomic E-state index is 0.422. The van der Waals surface area contributed by atoms with E-state index in [1.807, 2.05) is 97.1 Å². The summed E-state index contributed by atoms with van der Waals surface area (Å²) >= 11 is 0. The highest BCUT2D eigenvalue weighted by Gasteiger charge is 2.33. The largest absolute Gasteiger partial charge is 0.457 e. The summed E-state index contributed by atoms with van der Waals surface area (Å²) in [5.41, 5.74) is 11.2. The van der Waals surface area contributed by atoms with Gasteiger partial charge in [0.25, 0.3) is 0 Å². The third-order valence-corrected chi connectivity index (χ3v) is 26.4. The molecule has 8 bridgehead atoms. The average Bonchev–Trinajstić information content (AvgIpc) is 1.60. The maximum absolute atomic E-state index is 6.87. The molecule has 8 aromatic rings. The number of rotatable bonds is 64. The van der Waals surface area contributed by atoms with E-state index >= 15 is 0 Å². The number of fused-ring (bicyclic) bond motifs is 16. The molecular formula is C116H152N8O4. The van der Waals surface area contributed by atoms with E-state index in [2.05, 4.69) is 100 Å². The summed E-state index contributed by atoms with van der Waals surface area (Å²) in [6, 6.07) is 58.7. The van der Waals surface area contributed by atoms with Gasteiger partial charge in [-0.1, -0.05) is 384 Å². The number of benzene rings is 8. The SMILES string of the molecule is CCCCCCCCCCCCCCCc1cccc(Oc2ccc3c(c2)C2=NC3=NC3=NC(=NC4=NC(=NC5=NC(=N2)c2ccc(Oc6cccc(CCCCCCCCCCCCCCC)c6)cc25)c2ccc(Oc5cccc(CCCCCCCCCCCCCCC)c5)cc24)c2cc(Oc4cccc(CCCCCCCCCCCCCCC)c4)ccc23)c1. The van der Waals surface area contributed by atoms with Crippen LogP contribution in [0.4, 0.5) is 0 Å². The Morgan fingerprint density at radius 1 is 0.148 bits per heavy atom. The Morgan fingerprint density at radius 3 is 0.469 bits per heavy atom. The molecule has 128 heavy (non-hydrogen) atoms. The summed E-state index contributed by atoms with van der Waals surface area (Å²) in [5, 5.41) is 0. The van der Waals surface area contributed by atoms with Crippen LogP contribution >= 0.6 is 0 Å². The van der Waals surface area contributed by atoms with Crippen LogP contribution in [0.1, 0.15) is 428 Å². The minimum Gasteiger partial charge on any atom is -0.457 e. The molecule has 5 aliphatic rings. The highest BCUT2D eigenvalue weighted by molar-refractivity contribution is 6.35. The van der Waals surface area contributed by atoms with Crippen LogP contribution < -0.4 is 18.9 Å². The molecule has 0 fully saturated rings. The first kappa shape index (κ1) is 95.9. The van der Waals surface area contributed by atoms with Gasteiger partial charge in [0.2, 0.25) is 0 Å². The minimum atomic E-state index is 0.422. The third-order valence-electron chi connectivity index (χ3n) is 26.4. The molecule has 0 aliphatic carbocycles. The van der Waals surface area contributed by atoms with Gasteiger partial charge < -0.3 is 18.9 Å². The topological polar surface area (TPSA) is 136 Å². The first-order valence-corrected chi connectivity index (χ1v) is 51.7. The number of hydrogen-bond acceptors (Lipinski definition) is 12. The molecule has 0 saturated heterocycles. The number of ether oxygens (including phenoxy) is 4. The van der Waals surface area contributed by atoms with Gasteiger partial charge in [0, 0.05) is 44.5 Å². The van der Waals surface area contributed by atoms with E-state index in [0.29, 0.717) is 69.7 Å². The summed E-state index contributed by atoms with van der Waals surface area (Å²) in [7, 11) is 0. The molecule has 0 N–H and O–H groups in total. The van der Waals surface area contributed by atoms with Crippen molar-refractivity contribution >= 4 is 46.7 Å². The van der Waals surface area contributed by atoms with E-state index in [-0.39, 0.29) is 0 Å². The number of hydrogen-bond donors (Lipinski definition) is 0. The van der Waals surface area contributed by atoms with Crippen molar-refractivity contribution in [2.75, 3.05) is 0 Å². The molecular weight excluding hydrogens is 1570 g/mol. The molecule has 12 nitrogen and oxygen atoms in total. The number of amidine groups is 8. The molecule has 12 heteroatoms. The van der Waals surface area contributed by atoms with E-state index in [9.17, 15) is 0 Å². The van der Waals surface area contributed by atoms with Crippen molar-refractivity contribution in [1.82, 2.24) is 0 Å². The van der Waals surface area contributed by atoms with Gasteiger partial charge in [-0.05, 0) is 195 Å². The summed E-state index contributed by atoms with van der Waals surface area (Å²) in [4.78, 5) is 43.5. The van der Waals surface area contributed by atoms with Crippen molar-refractivity contribution in [3.8, 4) is 46.0 Å². The molecule has 5 aliphatic heterocycles. The van der Waals surface area contributed by atoms with Crippen molar-refractivity contribution in [2.24, 2.45) is 39.9 Å². The zero-order chi connectivity index (χ0) is 88.0. The standard InChI is InChI=1S/C116H152N8O4/c1-5-9-13-17-21-25-29-33-37-41-45-49-53-61-89-65-57-69-93(81-89)125-97-73-77-101-105(85-97)113-118-109(101)117-110-102-78-74-99(127-95-71-59-67-91(83-95)63-55-51-47-43-39-35-31-27-23-19-15-11-7-3)87-107(102)115(119-110)124-116-108-88-100(128-96-72-60-68-92(84-96)64-56-52-48-44-40-36-32-28-24-20-16-12-8-4)76-80-104(108)112(123-116)122-114-106-86-98(75-79-103(106)111(120-113)121-114)126-94-70-58-66-90(82-94)62-54-50-46-42-38-34-30-26-22-18-14-10-6-2/h57-60,65-88H,5-56,61-64H2,1-4H3. The fraction of sp³-hybridized carbons (Fsp3) is 0.517. The summed E-state index contributed by atoms with van der Waals surface area (Å²) < 4.78 is 27.4. The fourth-order valence-electron chi connectivity index (χ4n) is 18.8. The lowest BCUT2D eigenvalue weighted by atomic mass is 10.0. The number of nitrogens with zero attached hydrogens (tertiary/aromatic N) is 8. The predicted octanol–water partition coefficient (Wildman–Crippen LogP) is 34.5. The van der Waals surface area contributed by atoms with E-state index in [1.165, 1.54) is 330 Å². The Kier molecular flexibility index (Phi) is 41.0. The van der Waals surface area contributed by atoms with Crippen LogP contribution in [-0.4, -0.2) is 46.7 Å². The van der Waals surface area contributed by atoms with Crippen LogP contribution in [0.3, 0.4) is 0 Å². The summed E-state index contributed by atoms with van der Waals surface area (Å²) in [6.07, 6.45) is 73.4. The smallest absolute Gasteiger partial charge is 0.164 e. The van der Waals surface area contributed by atoms with Crippen molar-refractivity contribution < 1.29 is 18.9 Å². The lowest BCUT2D eigenvalue weighted by molar-refractivity contribution is 0.481. The highest BCUT2D eigenvalue weighted by atomic mass is 16.5. The molecule has 680 valence electrons. The second kappa shape index (κ2) is 54.7. The molecule has 0 atom stereocenters. The maximum Gasteiger partial charge on any atom is 0.164 e. The fourth-order valence-corrected chi connectivity index (χ4v) is 18.8. The van der Waals surface area contributed by atoms with Crippen molar-refractivity contribution in [1.29, 1.82) is 0 Å². The van der Waals surface area contributed by atoms with Gasteiger partial charge in [-0.15, -0.1) is 0 Å². The van der Waals surface area contributed by atoms with Crippen LogP contribution in [0.2, 0.25) is 0 Å². The molecule has 5 heterocycles. The molecule has 13 rings (SSSR count). The molecule has 8 aromatic carbocycles. The van der Waals surface area contributed by atoms with Crippen LogP contribution in [0.25, 0.3) is 0 Å². The first-order valence-electron chi connectivity index (χ1n) is 51.7. The molecule has 0 aromatic heterocycles. The second-order valence-corrected chi connectivity index (χ2v) is 37.3.